The van der Waals surface area contributed by atoms with Crippen molar-refractivity contribution in [3.8, 4) is 0 Å². The normalized spacial score (nSPS) is 23.8. The van der Waals surface area contributed by atoms with Gasteiger partial charge in [-0.05, 0) is 24.1 Å². The molecule has 1 aliphatic carbocycles. The van der Waals surface area contributed by atoms with Gasteiger partial charge in [0.15, 0.2) is 5.69 Å². The Morgan fingerprint density at radius 2 is 1.97 bits per heavy atom. The Morgan fingerprint density at radius 1 is 1.18 bits per heavy atom. The highest BCUT2D eigenvalue weighted by molar-refractivity contribution is 6.04. The third kappa shape index (κ3) is 3.97. The van der Waals surface area contributed by atoms with E-state index >= 15 is 0 Å². The zero-order valence-corrected chi connectivity index (χ0v) is 18.0. The predicted octanol–water partition coefficient (Wildman–Crippen LogP) is 1.28. The number of likely N-dealkylation sites (tertiary alicyclic amines) is 1. The molecule has 3 heterocycles. The molecule has 3 N–H and O–H groups in total. The van der Waals surface area contributed by atoms with Gasteiger partial charge >= 0.3 is 0 Å². The van der Waals surface area contributed by atoms with Gasteiger partial charge < -0.3 is 16.0 Å². The molecule has 1 aliphatic heterocycles. The highest BCUT2D eigenvalue weighted by Gasteiger charge is 2.45. The zero-order valence-electron chi connectivity index (χ0n) is 18.0. The Kier molecular flexibility index (Phi) is 5.46. The molecule has 9 nitrogen and oxygen atoms in total. The third-order valence-corrected chi connectivity index (χ3v) is 6.37. The van der Waals surface area contributed by atoms with E-state index in [1.807, 2.05) is 0 Å². The van der Waals surface area contributed by atoms with Crippen LogP contribution in [0, 0.1) is 5.82 Å². The molecule has 11 heteroatoms. The number of hydrogen-bond donors (Lipinski definition) is 2. The predicted molar refractivity (Wildman–Crippen MR) is 117 cm³/mol. The molecule has 3 amide bonds. The van der Waals surface area contributed by atoms with E-state index in [1.165, 1.54) is 28.0 Å². The van der Waals surface area contributed by atoms with Gasteiger partial charge in [0.25, 0.3) is 5.91 Å². The average Bonchev–Trinajstić information content (AvgIpc) is 3.28. The maximum atomic E-state index is 14.3. The first-order valence-electron chi connectivity index (χ1n) is 10.9. The standard InChI is InChI=1S/C23H22F2N6O3/c24-12-7-18(23(34)28-17-8-15(17)13-3-1-2-4-16(13)25)30(10-12)20(32)11-31-19-9-27-6-5-14(19)21(29-31)22(26)33/h1-6,9,12,15,17-18H,7-8,10-11H2,(H2,26,33)(H,28,34)/t12-,15+,17-,18+/m1/s1. The van der Waals surface area contributed by atoms with Crippen molar-refractivity contribution in [1.29, 1.82) is 0 Å². The molecule has 5 rings (SSSR count). The van der Waals surface area contributed by atoms with E-state index < -0.39 is 29.9 Å². The van der Waals surface area contributed by atoms with Crippen LogP contribution in [-0.4, -0.2) is 62.2 Å². The number of fused-ring (bicyclic) bond motifs is 1. The number of hydrogen-bond acceptors (Lipinski definition) is 5. The van der Waals surface area contributed by atoms with Crippen LogP contribution in [0.3, 0.4) is 0 Å². The number of carbonyl (C=O) groups excluding carboxylic acids is 3. The topological polar surface area (TPSA) is 123 Å². The molecule has 2 aliphatic rings. The molecule has 2 fully saturated rings. The minimum Gasteiger partial charge on any atom is -0.364 e. The summed E-state index contributed by atoms with van der Waals surface area (Å²) in [6.45, 7) is -0.536. The molecule has 1 aromatic carbocycles. The van der Waals surface area contributed by atoms with Crippen LogP contribution in [0.5, 0.6) is 0 Å². The van der Waals surface area contributed by atoms with E-state index in [1.54, 1.807) is 24.3 Å². The van der Waals surface area contributed by atoms with Gasteiger partial charge in [-0.1, -0.05) is 18.2 Å². The summed E-state index contributed by atoms with van der Waals surface area (Å²) in [6, 6.07) is 6.70. The highest BCUT2D eigenvalue weighted by atomic mass is 19.1. The van der Waals surface area contributed by atoms with Crippen LogP contribution in [0.25, 0.3) is 10.9 Å². The Morgan fingerprint density at radius 3 is 2.74 bits per heavy atom. The van der Waals surface area contributed by atoms with Crippen molar-refractivity contribution in [1.82, 2.24) is 25.0 Å². The molecule has 0 unspecified atom stereocenters. The summed E-state index contributed by atoms with van der Waals surface area (Å²) in [4.78, 5) is 42.9. The summed E-state index contributed by atoms with van der Waals surface area (Å²) in [5.41, 5.74) is 6.33. The van der Waals surface area contributed by atoms with Gasteiger partial charge in [0, 0.05) is 30.0 Å². The number of aromatic nitrogens is 3. The van der Waals surface area contributed by atoms with Crippen LogP contribution < -0.4 is 11.1 Å². The first-order chi connectivity index (χ1) is 16.3. The molecule has 1 saturated carbocycles. The molecule has 1 saturated heterocycles. The molecule has 0 bridgehead atoms. The number of primary amides is 1. The first-order valence-corrected chi connectivity index (χ1v) is 10.9. The molecule has 0 radical (unpaired) electrons. The Hall–Kier alpha value is -3.89. The van der Waals surface area contributed by atoms with Crippen LogP contribution >= 0.6 is 0 Å². The number of rotatable bonds is 6. The largest absolute Gasteiger partial charge is 0.364 e. The number of alkyl halides is 1. The summed E-state index contributed by atoms with van der Waals surface area (Å²) in [5.74, 6) is -2.22. The fourth-order valence-electron chi connectivity index (χ4n) is 4.60. The molecular formula is C23H22F2N6O3. The number of nitrogens with zero attached hydrogens (tertiary/aromatic N) is 4. The van der Waals surface area contributed by atoms with Crippen molar-refractivity contribution in [2.24, 2.45) is 5.73 Å². The molecule has 176 valence electrons. The summed E-state index contributed by atoms with van der Waals surface area (Å²) in [5, 5.41) is 7.40. The summed E-state index contributed by atoms with van der Waals surface area (Å²) in [7, 11) is 0. The van der Waals surface area contributed by atoms with Crippen LogP contribution in [0.15, 0.2) is 42.7 Å². The number of amides is 3. The average molecular weight is 468 g/mol. The van der Waals surface area contributed by atoms with Gasteiger partial charge in [-0.25, -0.2) is 8.78 Å². The van der Waals surface area contributed by atoms with E-state index in [4.69, 9.17) is 5.73 Å². The van der Waals surface area contributed by atoms with Crippen molar-refractivity contribution in [3.05, 3.63) is 59.8 Å². The van der Waals surface area contributed by atoms with E-state index in [-0.39, 0.29) is 43.0 Å². The van der Waals surface area contributed by atoms with Gasteiger partial charge in [0.1, 0.15) is 24.6 Å². The zero-order chi connectivity index (χ0) is 24.0. The first kappa shape index (κ1) is 21.9. The van der Waals surface area contributed by atoms with Crippen LogP contribution in [0.1, 0.15) is 34.8 Å². The molecular weight excluding hydrogens is 446 g/mol. The van der Waals surface area contributed by atoms with Gasteiger partial charge in [-0.15, -0.1) is 0 Å². The second-order valence-electron chi connectivity index (χ2n) is 8.64. The fourth-order valence-corrected chi connectivity index (χ4v) is 4.60. The number of carbonyl (C=O) groups is 3. The monoisotopic (exact) mass is 468 g/mol. The van der Waals surface area contributed by atoms with Crippen molar-refractivity contribution in [2.75, 3.05) is 6.54 Å². The second kappa shape index (κ2) is 8.47. The van der Waals surface area contributed by atoms with E-state index in [0.717, 1.165) is 0 Å². The van der Waals surface area contributed by atoms with E-state index in [2.05, 4.69) is 15.4 Å². The maximum Gasteiger partial charge on any atom is 0.269 e. The second-order valence-corrected chi connectivity index (χ2v) is 8.64. The van der Waals surface area contributed by atoms with Crippen LogP contribution in [-0.2, 0) is 16.1 Å². The maximum absolute atomic E-state index is 14.3. The smallest absolute Gasteiger partial charge is 0.269 e. The molecule has 3 aromatic rings. The lowest BCUT2D eigenvalue weighted by atomic mass is 10.1. The van der Waals surface area contributed by atoms with Crippen LogP contribution in [0.4, 0.5) is 8.78 Å². The molecule has 2 aromatic heterocycles. The number of benzene rings is 1. The SMILES string of the molecule is NC(=O)c1nn(CC(=O)N2C[C@H](F)C[C@H]2C(=O)N[C@@H]2C[C@H]2c2ccccc2F)c2cnccc12. The van der Waals surface area contributed by atoms with Gasteiger partial charge in [0.05, 0.1) is 18.3 Å². The fraction of sp³-hybridized carbons (Fsp3) is 0.348. The minimum atomic E-state index is -1.35. The molecule has 4 atom stereocenters. The highest BCUT2D eigenvalue weighted by Crippen LogP contribution is 2.42. The van der Waals surface area contributed by atoms with Crippen molar-refractivity contribution in [3.63, 3.8) is 0 Å². The molecule has 34 heavy (non-hydrogen) atoms. The summed E-state index contributed by atoms with van der Waals surface area (Å²) in [6.07, 6.45) is 2.03. The summed E-state index contributed by atoms with van der Waals surface area (Å²) >= 11 is 0. The van der Waals surface area contributed by atoms with E-state index in [9.17, 15) is 23.2 Å². The van der Waals surface area contributed by atoms with Crippen molar-refractivity contribution >= 4 is 28.6 Å². The van der Waals surface area contributed by atoms with Gasteiger partial charge in [-0.3, -0.25) is 24.0 Å². The van der Waals surface area contributed by atoms with E-state index in [0.29, 0.717) is 22.9 Å². The van der Waals surface area contributed by atoms with Crippen LogP contribution in [0.2, 0.25) is 0 Å². The lowest BCUT2D eigenvalue weighted by Gasteiger charge is -2.24. The van der Waals surface area contributed by atoms with Crippen molar-refractivity contribution < 1.29 is 23.2 Å². The quantitative estimate of drug-likeness (QED) is 0.564. The van der Waals surface area contributed by atoms with Gasteiger partial charge in [0.2, 0.25) is 11.8 Å². The van der Waals surface area contributed by atoms with Crippen molar-refractivity contribution in [2.45, 2.75) is 43.6 Å². The minimum absolute atomic E-state index is 0.00259. The Labute approximate surface area is 192 Å². The molecule has 0 spiro atoms. The number of halogens is 2. The van der Waals surface area contributed by atoms with Gasteiger partial charge in [-0.2, -0.15) is 5.10 Å². The number of nitrogens with one attached hydrogen (secondary N) is 1. The number of nitrogens with two attached hydrogens (primary N) is 1. The lowest BCUT2D eigenvalue weighted by Crippen LogP contribution is -2.47. The Bertz CT molecular complexity index is 1290. The Balaban J connectivity index is 1.29. The number of pyridine rings is 1. The summed E-state index contributed by atoms with van der Waals surface area (Å²) < 4.78 is 29.6. The third-order valence-electron chi connectivity index (χ3n) is 6.37. The lowest BCUT2D eigenvalue weighted by molar-refractivity contribution is -0.139.